The molecule has 1 aliphatic heterocycles. The quantitative estimate of drug-likeness (QED) is 0.863. The normalized spacial score (nSPS) is 18.3. The maximum Gasteiger partial charge on any atom is 0.137 e. The van der Waals surface area contributed by atoms with Gasteiger partial charge in [-0.1, -0.05) is 17.7 Å². The highest BCUT2D eigenvalue weighted by atomic mass is 35.5. The van der Waals surface area contributed by atoms with Crippen LogP contribution >= 0.6 is 11.6 Å². The van der Waals surface area contributed by atoms with Gasteiger partial charge in [0.05, 0.1) is 12.1 Å². The van der Waals surface area contributed by atoms with Crippen LogP contribution in [0.3, 0.4) is 0 Å². The molecule has 2 rings (SSSR count). The molecule has 2 N–H and O–H groups in total. The second kappa shape index (κ2) is 7.10. The summed E-state index contributed by atoms with van der Waals surface area (Å²) in [5, 5.41) is 13.3. The van der Waals surface area contributed by atoms with Gasteiger partial charge in [-0.15, -0.1) is 0 Å². The number of piperazine rings is 1. The summed E-state index contributed by atoms with van der Waals surface area (Å²) in [6, 6.07) is 6.08. The highest BCUT2D eigenvalue weighted by molar-refractivity contribution is 6.32. The minimum atomic E-state index is 0.180. The zero-order valence-corrected chi connectivity index (χ0v) is 12.0. The van der Waals surface area contributed by atoms with Crippen LogP contribution in [0.25, 0.3) is 0 Å². The molecule has 5 heteroatoms. The summed E-state index contributed by atoms with van der Waals surface area (Å²) < 4.78 is 5.28. The monoisotopic (exact) mass is 284 g/mol. The number of aliphatic hydroxyl groups is 1. The number of halogens is 1. The molecule has 1 aromatic carbocycles. The van der Waals surface area contributed by atoms with Gasteiger partial charge in [-0.25, -0.2) is 0 Å². The Kier molecular flexibility index (Phi) is 5.45. The van der Waals surface area contributed by atoms with Crippen molar-refractivity contribution in [2.45, 2.75) is 12.5 Å². The maximum absolute atomic E-state index is 9.31. The van der Waals surface area contributed by atoms with Gasteiger partial charge < -0.3 is 15.2 Å². The molecule has 1 saturated heterocycles. The highest BCUT2D eigenvalue weighted by Crippen LogP contribution is 2.31. The summed E-state index contributed by atoms with van der Waals surface area (Å²) in [6.45, 7) is 4.16. The SMILES string of the molecule is COc1cc([C@H](CCO)N2CCNCC2)ccc1Cl. The van der Waals surface area contributed by atoms with E-state index in [1.165, 1.54) is 0 Å². The van der Waals surface area contributed by atoms with E-state index in [0.29, 0.717) is 10.8 Å². The Labute approximate surface area is 119 Å². The summed E-state index contributed by atoms with van der Waals surface area (Å²) in [6.07, 6.45) is 0.727. The number of methoxy groups -OCH3 is 1. The van der Waals surface area contributed by atoms with Gasteiger partial charge in [0.25, 0.3) is 0 Å². The van der Waals surface area contributed by atoms with Crippen molar-refractivity contribution in [2.75, 3.05) is 39.9 Å². The predicted molar refractivity (Wildman–Crippen MR) is 76.9 cm³/mol. The third-order valence-corrected chi connectivity index (χ3v) is 3.87. The molecule has 0 aromatic heterocycles. The zero-order valence-electron chi connectivity index (χ0n) is 11.2. The summed E-state index contributed by atoms with van der Waals surface area (Å²) in [4.78, 5) is 2.40. The molecule has 4 nitrogen and oxygen atoms in total. The third kappa shape index (κ3) is 3.60. The number of rotatable bonds is 5. The predicted octanol–water partition coefficient (Wildman–Crippen LogP) is 1.68. The van der Waals surface area contributed by atoms with Crippen LogP contribution < -0.4 is 10.1 Å². The van der Waals surface area contributed by atoms with Crippen LogP contribution in [0.5, 0.6) is 5.75 Å². The molecule has 0 amide bonds. The third-order valence-electron chi connectivity index (χ3n) is 3.55. The number of aliphatic hydroxyl groups excluding tert-OH is 1. The van der Waals surface area contributed by atoms with E-state index in [4.69, 9.17) is 16.3 Å². The van der Waals surface area contributed by atoms with Crippen LogP contribution in [0.1, 0.15) is 18.0 Å². The van der Waals surface area contributed by atoms with Crippen molar-refractivity contribution in [1.82, 2.24) is 10.2 Å². The molecule has 1 heterocycles. The van der Waals surface area contributed by atoms with E-state index in [1.54, 1.807) is 7.11 Å². The average Bonchev–Trinajstić information content (AvgIpc) is 2.46. The largest absolute Gasteiger partial charge is 0.495 e. The van der Waals surface area contributed by atoms with Crippen molar-refractivity contribution in [3.05, 3.63) is 28.8 Å². The van der Waals surface area contributed by atoms with Crippen molar-refractivity contribution in [3.8, 4) is 5.75 Å². The lowest BCUT2D eigenvalue weighted by molar-refractivity contribution is 0.141. The zero-order chi connectivity index (χ0) is 13.7. The number of nitrogens with one attached hydrogen (secondary N) is 1. The number of hydrogen-bond donors (Lipinski definition) is 2. The Morgan fingerprint density at radius 1 is 1.42 bits per heavy atom. The van der Waals surface area contributed by atoms with E-state index in [-0.39, 0.29) is 12.6 Å². The lowest BCUT2D eigenvalue weighted by Crippen LogP contribution is -2.45. The summed E-state index contributed by atoms with van der Waals surface area (Å²) in [5.41, 5.74) is 1.15. The second-order valence-electron chi connectivity index (χ2n) is 4.71. The van der Waals surface area contributed by atoms with Crippen LogP contribution in [0.15, 0.2) is 18.2 Å². The van der Waals surface area contributed by atoms with Crippen LogP contribution in [0, 0.1) is 0 Å². The molecular weight excluding hydrogens is 264 g/mol. The Bertz CT molecular complexity index is 408. The minimum absolute atomic E-state index is 0.180. The minimum Gasteiger partial charge on any atom is -0.495 e. The first-order chi connectivity index (χ1) is 9.26. The standard InChI is InChI=1S/C14H21ClN2O2/c1-19-14-10-11(2-3-12(14)15)13(4-9-18)17-7-5-16-6-8-17/h2-3,10,13,16,18H,4-9H2,1H3/t13-/m0/s1. The van der Waals surface area contributed by atoms with Gasteiger partial charge in [-0.3, -0.25) is 4.90 Å². The van der Waals surface area contributed by atoms with Crippen molar-refractivity contribution in [1.29, 1.82) is 0 Å². The first-order valence-corrected chi connectivity index (χ1v) is 7.03. The lowest BCUT2D eigenvalue weighted by Gasteiger charge is -2.35. The van der Waals surface area contributed by atoms with E-state index < -0.39 is 0 Å². The Hall–Kier alpha value is -0.810. The van der Waals surface area contributed by atoms with E-state index in [2.05, 4.69) is 10.2 Å². The van der Waals surface area contributed by atoms with E-state index in [1.807, 2.05) is 18.2 Å². The fraction of sp³-hybridized carbons (Fsp3) is 0.571. The van der Waals surface area contributed by atoms with Gasteiger partial charge in [0, 0.05) is 38.8 Å². The number of nitrogens with zero attached hydrogens (tertiary/aromatic N) is 1. The van der Waals surface area contributed by atoms with Crippen LogP contribution in [0.4, 0.5) is 0 Å². The van der Waals surface area contributed by atoms with Crippen molar-refractivity contribution in [2.24, 2.45) is 0 Å². The number of hydrogen-bond acceptors (Lipinski definition) is 4. The molecule has 1 atom stereocenters. The number of ether oxygens (including phenoxy) is 1. The summed E-state index contributed by atoms with van der Waals surface area (Å²) >= 11 is 6.07. The van der Waals surface area contributed by atoms with E-state index >= 15 is 0 Å². The summed E-state index contributed by atoms with van der Waals surface area (Å²) in [7, 11) is 1.62. The first-order valence-electron chi connectivity index (χ1n) is 6.65. The molecule has 0 radical (unpaired) electrons. The van der Waals surface area contributed by atoms with Gasteiger partial charge >= 0.3 is 0 Å². The van der Waals surface area contributed by atoms with Crippen molar-refractivity contribution >= 4 is 11.6 Å². The molecule has 1 aromatic rings. The topological polar surface area (TPSA) is 44.7 Å². The van der Waals surface area contributed by atoms with Crippen LogP contribution in [-0.2, 0) is 0 Å². The molecular formula is C14H21ClN2O2. The Morgan fingerprint density at radius 2 is 2.16 bits per heavy atom. The van der Waals surface area contributed by atoms with Gasteiger partial charge in [-0.2, -0.15) is 0 Å². The fourth-order valence-electron chi connectivity index (χ4n) is 2.56. The molecule has 1 fully saturated rings. The highest BCUT2D eigenvalue weighted by Gasteiger charge is 2.22. The molecule has 0 unspecified atom stereocenters. The van der Waals surface area contributed by atoms with Gasteiger partial charge in [0.2, 0.25) is 0 Å². The van der Waals surface area contributed by atoms with Crippen LogP contribution in [0.2, 0.25) is 5.02 Å². The van der Waals surface area contributed by atoms with Gasteiger partial charge in [0.15, 0.2) is 0 Å². The number of benzene rings is 1. The van der Waals surface area contributed by atoms with Crippen LogP contribution in [-0.4, -0.2) is 49.9 Å². The van der Waals surface area contributed by atoms with E-state index in [0.717, 1.165) is 38.2 Å². The van der Waals surface area contributed by atoms with Crippen molar-refractivity contribution in [3.63, 3.8) is 0 Å². The van der Waals surface area contributed by atoms with E-state index in [9.17, 15) is 5.11 Å². The lowest BCUT2D eigenvalue weighted by atomic mass is 10.0. The van der Waals surface area contributed by atoms with Gasteiger partial charge in [-0.05, 0) is 24.1 Å². The fourth-order valence-corrected chi connectivity index (χ4v) is 2.75. The van der Waals surface area contributed by atoms with Gasteiger partial charge in [0.1, 0.15) is 5.75 Å². The molecule has 0 saturated carbocycles. The molecule has 1 aliphatic rings. The Balaban J connectivity index is 2.22. The summed E-state index contributed by atoms with van der Waals surface area (Å²) in [5.74, 6) is 0.692. The molecule has 106 valence electrons. The Morgan fingerprint density at radius 3 is 2.79 bits per heavy atom. The molecule has 0 bridgehead atoms. The molecule has 0 spiro atoms. The van der Waals surface area contributed by atoms with Crippen molar-refractivity contribution < 1.29 is 9.84 Å². The second-order valence-corrected chi connectivity index (χ2v) is 5.12. The maximum atomic E-state index is 9.31. The first kappa shape index (κ1) is 14.6. The average molecular weight is 285 g/mol. The smallest absolute Gasteiger partial charge is 0.137 e. The molecule has 19 heavy (non-hydrogen) atoms. The molecule has 0 aliphatic carbocycles.